The van der Waals surface area contributed by atoms with E-state index in [4.69, 9.17) is 0 Å². The van der Waals surface area contributed by atoms with Crippen molar-refractivity contribution in [3.63, 3.8) is 0 Å². The Balaban J connectivity index is 1.40. The van der Waals surface area contributed by atoms with Crippen molar-refractivity contribution in [2.75, 3.05) is 31.1 Å². The second-order valence-corrected chi connectivity index (χ2v) is 8.49. The Morgan fingerprint density at radius 1 is 1.07 bits per heavy atom. The predicted molar refractivity (Wildman–Crippen MR) is 116 cm³/mol. The first-order chi connectivity index (χ1) is 14.1. The van der Waals surface area contributed by atoms with Crippen LogP contribution in [0.3, 0.4) is 0 Å². The van der Waals surface area contributed by atoms with Crippen molar-refractivity contribution in [3.05, 3.63) is 75.8 Å². The summed E-state index contributed by atoms with van der Waals surface area (Å²) < 4.78 is 18.3. The molecule has 2 heterocycles. The van der Waals surface area contributed by atoms with Gasteiger partial charge in [0.1, 0.15) is 11.6 Å². The first-order valence-electron chi connectivity index (χ1n) is 9.46. The van der Waals surface area contributed by atoms with Crippen LogP contribution in [0.5, 0.6) is 0 Å². The van der Waals surface area contributed by atoms with Gasteiger partial charge in [-0.3, -0.25) is 4.79 Å². The quantitative estimate of drug-likeness (QED) is 0.562. The minimum Gasteiger partial charge on any atom is -0.345 e. The average molecular weight is 475 g/mol. The van der Waals surface area contributed by atoms with Crippen molar-refractivity contribution in [1.29, 1.82) is 0 Å². The lowest BCUT2D eigenvalue weighted by Gasteiger charge is -2.22. The van der Waals surface area contributed by atoms with E-state index < -0.39 is 0 Å². The fourth-order valence-electron chi connectivity index (χ4n) is 3.35. The zero-order chi connectivity index (χ0) is 20.2. The summed E-state index contributed by atoms with van der Waals surface area (Å²) in [6, 6.07) is 13.9. The number of hydrogen-bond acceptors (Lipinski definition) is 5. The van der Waals surface area contributed by atoms with Crippen LogP contribution in [-0.2, 0) is 6.42 Å². The normalized spacial score (nSPS) is 14.7. The Morgan fingerprint density at radius 3 is 2.66 bits per heavy atom. The van der Waals surface area contributed by atoms with Gasteiger partial charge in [-0.05, 0) is 52.2 Å². The molecule has 1 saturated heterocycles. The van der Waals surface area contributed by atoms with Crippen LogP contribution < -0.4 is 4.90 Å². The maximum absolute atomic E-state index is 13.1. The molecule has 29 heavy (non-hydrogen) atoms. The molecule has 1 aromatic heterocycles. The van der Waals surface area contributed by atoms with Gasteiger partial charge in [-0.25, -0.2) is 9.37 Å². The molecule has 3 aromatic rings. The van der Waals surface area contributed by atoms with Crippen molar-refractivity contribution in [3.8, 4) is 0 Å². The Bertz CT molecular complexity index is 994. The molecular formula is C21H20BrFN4OS. The third-order valence-corrected chi connectivity index (χ3v) is 6.40. The Kier molecular flexibility index (Phi) is 6.20. The highest BCUT2D eigenvalue weighted by molar-refractivity contribution is 9.10. The van der Waals surface area contributed by atoms with E-state index in [0.717, 1.165) is 47.0 Å². The number of anilines is 1. The van der Waals surface area contributed by atoms with E-state index in [1.54, 1.807) is 12.1 Å². The van der Waals surface area contributed by atoms with Gasteiger partial charge in [-0.2, -0.15) is 4.37 Å². The molecule has 0 radical (unpaired) electrons. The van der Waals surface area contributed by atoms with Crippen LogP contribution in [0.2, 0.25) is 0 Å². The van der Waals surface area contributed by atoms with E-state index in [0.29, 0.717) is 18.5 Å². The number of hydrogen-bond donors (Lipinski definition) is 0. The Labute approximate surface area is 181 Å². The summed E-state index contributed by atoms with van der Waals surface area (Å²) in [5.74, 6) is 0.544. The first-order valence-corrected chi connectivity index (χ1v) is 11.0. The number of carbonyl (C=O) groups excluding carboxylic acids is 1. The minimum atomic E-state index is -0.244. The molecule has 0 spiro atoms. The van der Waals surface area contributed by atoms with Crippen molar-refractivity contribution in [1.82, 2.24) is 14.3 Å². The van der Waals surface area contributed by atoms with Crippen LogP contribution in [0.4, 0.5) is 9.52 Å². The molecule has 1 aliphatic rings. The van der Waals surface area contributed by atoms with E-state index in [1.165, 1.54) is 23.7 Å². The van der Waals surface area contributed by atoms with Crippen molar-refractivity contribution < 1.29 is 9.18 Å². The SMILES string of the molecule is O=C(c1ccccc1Br)N1CCCN(c2nc(Cc3ccc(F)cc3)ns2)CC1. The molecule has 0 N–H and O–H groups in total. The number of benzene rings is 2. The van der Waals surface area contributed by atoms with Gasteiger partial charge >= 0.3 is 0 Å². The van der Waals surface area contributed by atoms with Gasteiger partial charge in [0.2, 0.25) is 5.13 Å². The molecule has 150 valence electrons. The Hall–Kier alpha value is -2.32. The number of rotatable bonds is 4. The highest BCUT2D eigenvalue weighted by Crippen LogP contribution is 2.22. The third-order valence-electron chi connectivity index (χ3n) is 4.89. The fourth-order valence-corrected chi connectivity index (χ4v) is 4.54. The molecule has 0 saturated carbocycles. The van der Waals surface area contributed by atoms with Crippen LogP contribution >= 0.6 is 27.5 Å². The highest BCUT2D eigenvalue weighted by atomic mass is 79.9. The molecular weight excluding hydrogens is 455 g/mol. The molecule has 8 heteroatoms. The standard InChI is InChI=1S/C21H20BrFN4OS/c22-18-5-2-1-4-17(18)20(28)26-10-3-11-27(13-12-26)21-24-19(25-29-21)14-15-6-8-16(23)9-7-15/h1-2,4-9H,3,10-14H2. The zero-order valence-electron chi connectivity index (χ0n) is 15.7. The Morgan fingerprint density at radius 2 is 1.86 bits per heavy atom. The summed E-state index contributed by atoms with van der Waals surface area (Å²) in [4.78, 5) is 21.6. The smallest absolute Gasteiger partial charge is 0.255 e. The third kappa shape index (κ3) is 4.82. The first kappa shape index (κ1) is 20.0. The maximum atomic E-state index is 13.1. The van der Waals surface area contributed by atoms with Crippen molar-refractivity contribution >= 4 is 38.5 Å². The molecule has 1 aliphatic heterocycles. The van der Waals surface area contributed by atoms with Crippen LogP contribution in [0.1, 0.15) is 28.2 Å². The number of nitrogens with zero attached hydrogens (tertiary/aromatic N) is 4. The van der Waals surface area contributed by atoms with Gasteiger partial charge in [0.25, 0.3) is 5.91 Å². The van der Waals surface area contributed by atoms with Gasteiger partial charge in [-0.1, -0.05) is 24.3 Å². The molecule has 2 aromatic carbocycles. The minimum absolute atomic E-state index is 0.0496. The average Bonchev–Trinajstić information content (AvgIpc) is 3.04. The molecule has 1 amide bonds. The van der Waals surface area contributed by atoms with E-state index in [-0.39, 0.29) is 11.7 Å². The summed E-state index contributed by atoms with van der Waals surface area (Å²) in [5, 5.41) is 0.873. The molecule has 1 fully saturated rings. The summed E-state index contributed by atoms with van der Waals surface area (Å²) in [5.41, 5.74) is 1.68. The lowest BCUT2D eigenvalue weighted by atomic mass is 10.1. The van der Waals surface area contributed by atoms with E-state index in [9.17, 15) is 9.18 Å². The van der Waals surface area contributed by atoms with Gasteiger partial charge in [0.05, 0.1) is 5.56 Å². The van der Waals surface area contributed by atoms with E-state index in [2.05, 4.69) is 30.2 Å². The van der Waals surface area contributed by atoms with E-state index in [1.807, 2.05) is 29.2 Å². The maximum Gasteiger partial charge on any atom is 0.255 e. The van der Waals surface area contributed by atoms with Gasteiger partial charge < -0.3 is 9.80 Å². The molecule has 0 aliphatic carbocycles. The van der Waals surface area contributed by atoms with Crippen LogP contribution in [0.15, 0.2) is 53.0 Å². The lowest BCUT2D eigenvalue weighted by molar-refractivity contribution is 0.0766. The van der Waals surface area contributed by atoms with Crippen molar-refractivity contribution in [2.45, 2.75) is 12.8 Å². The monoisotopic (exact) mass is 474 g/mol. The van der Waals surface area contributed by atoms with Gasteiger partial charge in [0.15, 0.2) is 0 Å². The van der Waals surface area contributed by atoms with Gasteiger partial charge in [0, 0.05) is 48.6 Å². The second-order valence-electron chi connectivity index (χ2n) is 6.91. The van der Waals surface area contributed by atoms with Crippen LogP contribution in [-0.4, -0.2) is 46.3 Å². The molecule has 0 atom stereocenters. The highest BCUT2D eigenvalue weighted by Gasteiger charge is 2.23. The number of aromatic nitrogens is 2. The number of amides is 1. The largest absolute Gasteiger partial charge is 0.345 e. The predicted octanol–water partition coefficient (Wildman–Crippen LogP) is 4.38. The lowest BCUT2D eigenvalue weighted by Crippen LogP contribution is -2.35. The zero-order valence-corrected chi connectivity index (χ0v) is 18.1. The second kappa shape index (κ2) is 9.00. The molecule has 0 bridgehead atoms. The topological polar surface area (TPSA) is 49.3 Å². The summed E-state index contributed by atoms with van der Waals surface area (Å²) >= 11 is 4.85. The number of carbonyl (C=O) groups is 1. The fraction of sp³-hybridized carbons (Fsp3) is 0.286. The van der Waals surface area contributed by atoms with E-state index >= 15 is 0 Å². The summed E-state index contributed by atoms with van der Waals surface area (Å²) in [6.45, 7) is 2.93. The molecule has 0 unspecified atom stereocenters. The molecule has 5 nitrogen and oxygen atoms in total. The van der Waals surface area contributed by atoms with Crippen molar-refractivity contribution in [2.24, 2.45) is 0 Å². The molecule has 4 rings (SSSR count). The van der Waals surface area contributed by atoms with Crippen LogP contribution in [0, 0.1) is 5.82 Å². The van der Waals surface area contributed by atoms with Gasteiger partial charge in [-0.15, -0.1) is 0 Å². The number of halogens is 2. The van der Waals surface area contributed by atoms with Crippen LogP contribution in [0.25, 0.3) is 0 Å². The summed E-state index contributed by atoms with van der Waals surface area (Å²) in [7, 11) is 0. The summed E-state index contributed by atoms with van der Waals surface area (Å²) in [6.07, 6.45) is 1.46.